The van der Waals surface area contributed by atoms with Crippen LogP contribution in [0.15, 0.2) is 30.3 Å². The summed E-state index contributed by atoms with van der Waals surface area (Å²) in [7, 11) is 2.21. The minimum atomic E-state index is 0.625. The Morgan fingerprint density at radius 1 is 1.24 bits per heavy atom. The van der Waals surface area contributed by atoms with Crippen molar-refractivity contribution in [3.63, 3.8) is 0 Å². The molecule has 0 saturated carbocycles. The first kappa shape index (κ1) is 14.2. The molecule has 0 bridgehead atoms. The van der Waals surface area contributed by atoms with Crippen molar-refractivity contribution in [2.24, 2.45) is 0 Å². The van der Waals surface area contributed by atoms with Gasteiger partial charge in [-0.2, -0.15) is 4.68 Å². The lowest BCUT2D eigenvalue weighted by Crippen LogP contribution is -2.43. The van der Waals surface area contributed by atoms with Crippen molar-refractivity contribution in [2.75, 3.05) is 20.1 Å². The number of tetrazole rings is 1. The summed E-state index contributed by atoms with van der Waals surface area (Å²) in [5.74, 6) is 0.847. The summed E-state index contributed by atoms with van der Waals surface area (Å²) >= 11 is 0. The predicted octanol–water partition coefficient (Wildman–Crippen LogP) is 1.24. The van der Waals surface area contributed by atoms with E-state index in [9.17, 15) is 0 Å². The number of piperidine rings is 1. The number of likely N-dealkylation sites (tertiary alicyclic amines) is 1. The summed E-state index contributed by atoms with van der Waals surface area (Å²) in [5.41, 5.74) is 0.995. The molecule has 1 unspecified atom stereocenters. The lowest BCUT2D eigenvalue weighted by Gasteiger charge is -2.32. The van der Waals surface area contributed by atoms with E-state index in [1.165, 1.54) is 25.8 Å². The molecule has 1 aromatic carbocycles. The average molecular weight is 286 g/mol. The van der Waals surface area contributed by atoms with Gasteiger partial charge in [0.1, 0.15) is 0 Å². The number of nitrogens with one attached hydrogen (secondary N) is 1. The summed E-state index contributed by atoms with van der Waals surface area (Å²) in [6, 6.07) is 10.6. The summed E-state index contributed by atoms with van der Waals surface area (Å²) < 4.78 is 1.79. The zero-order chi connectivity index (χ0) is 14.5. The Hall–Kier alpha value is -1.79. The standard InChI is InChI=1S/C15H22N6/c1-20-10-6-5-9-14(20)11-16-12-15-17-18-19-21(15)13-7-3-2-4-8-13/h2-4,7-8,14,16H,5-6,9-12H2,1H3. The van der Waals surface area contributed by atoms with Crippen LogP contribution in [0.5, 0.6) is 0 Å². The van der Waals surface area contributed by atoms with Crippen LogP contribution in [0.1, 0.15) is 25.1 Å². The van der Waals surface area contributed by atoms with E-state index in [0.717, 1.165) is 18.1 Å². The van der Waals surface area contributed by atoms with E-state index in [4.69, 9.17) is 0 Å². The zero-order valence-electron chi connectivity index (χ0n) is 12.4. The van der Waals surface area contributed by atoms with Crippen molar-refractivity contribution < 1.29 is 0 Å². The van der Waals surface area contributed by atoms with Crippen molar-refractivity contribution >= 4 is 0 Å². The predicted molar refractivity (Wildman–Crippen MR) is 81.1 cm³/mol. The van der Waals surface area contributed by atoms with Gasteiger partial charge in [-0.1, -0.05) is 24.6 Å². The van der Waals surface area contributed by atoms with Crippen LogP contribution < -0.4 is 5.32 Å². The maximum Gasteiger partial charge on any atom is 0.170 e. The first-order valence-corrected chi connectivity index (χ1v) is 7.58. The van der Waals surface area contributed by atoms with Crippen LogP contribution >= 0.6 is 0 Å². The number of aromatic nitrogens is 4. The van der Waals surface area contributed by atoms with E-state index in [1.807, 2.05) is 30.3 Å². The molecule has 112 valence electrons. The fourth-order valence-electron chi connectivity index (χ4n) is 2.84. The highest BCUT2D eigenvalue weighted by molar-refractivity contribution is 5.30. The molecule has 2 aromatic rings. The lowest BCUT2D eigenvalue weighted by molar-refractivity contribution is 0.181. The molecule has 6 nitrogen and oxygen atoms in total. The molecule has 1 aromatic heterocycles. The molecular weight excluding hydrogens is 264 g/mol. The third-order valence-electron chi connectivity index (χ3n) is 4.12. The van der Waals surface area contributed by atoms with Crippen LogP contribution in [0.3, 0.4) is 0 Å². The Labute approximate surface area is 125 Å². The van der Waals surface area contributed by atoms with Gasteiger partial charge in [-0.25, -0.2) is 0 Å². The fourth-order valence-corrected chi connectivity index (χ4v) is 2.84. The molecule has 1 aliphatic heterocycles. The van der Waals surface area contributed by atoms with Gasteiger partial charge < -0.3 is 10.2 Å². The smallest absolute Gasteiger partial charge is 0.170 e. The van der Waals surface area contributed by atoms with Gasteiger partial charge in [-0.05, 0) is 49.0 Å². The summed E-state index contributed by atoms with van der Waals surface area (Å²) in [6.07, 6.45) is 3.92. The van der Waals surface area contributed by atoms with Crippen LogP contribution in [-0.2, 0) is 6.54 Å². The van der Waals surface area contributed by atoms with Crippen molar-refractivity contribution in [3.8, 4) is 5.69 Å². The van der Waals surface area contributed by atoms with Crippen molar-refractivity contribution in [1.82, 2.24) is 30.4 Å². The van der Waals surface area contributed by atoms with Gasteiger partial charge in [-0.3, -0.25) is 0 Å². The molecule has 3 rings (SSSR count). The summed E-state index contributed by atoms with van der Waals surface area (Å²) in [6.45, 7) is 2.87. The topological polar surface area (TPSA) is 58.9 Å². The Balaban J connectivity index is 1.58. The minimum Gasteiger partial charge on any atom is -0.308 e. The molecule has 21 heavy (non-hydrogen) atoms. The van der Waals surface area contributed by atoms with Crippen LogP contribution in [0.25, 0.3) is 5.69 Å². The number of nitrogens with zero attached hydrogens (tertiary/aromatic N) is 5. The van der Waals surface area contributed by atoms with E-state index < -0.39 is 0 Å². The Kier molecular flexibility index (Phi) is 4.57. The Morgan fingerprint density at radius 2 is 2.10 bits per heavy atom. The number of para-hydroxylation sites is 1. The van der Waals surface area contributed by atoms with Crippen LogP contribution in [0.2, 0.25) is 0 Å². The highest BCUT2D eigenvalue weighted by atomic mass is 15.5. The van der Waals surface area contributed by atoms with Crippen molar-refractivity contribution in [1.29, 1.82) is 0 Å². The normalized spacial score (nSPS) is 19.8. The fraction of sp³-hybridized carbons (Fsp3) is 0.533. The zero-order valence-corrected chi connectivity index (χ0v) is 12.4. The molecule has 6 heteroatoms. The van der Waals surface area contributed by atoms with Crippen LogP contribution in [0.4, 0.5) is 0 Å². The van der Waals surface area contributed by atoms with Gasteiger partial charge in [-0.15, -0.1) is 5.10 Å². The van der Waals surface area contributed by atoms with Crippen LogP contribution in [0, 0.1) is 0 Å². The summed E-state index contributed by atoms with van der Waals surface area (Å²) in [5, 5.41) is 15.5. The molecule has 1 fully saturated rings. The quantitative estimate of drug-likeness (QED) is 0.896. The largest absolute Gasteiger partial charge is 0.308 e. The number of rotatable bonds is 5. The average Bonchev–Trinajstić information content (AvgIpc) is 2.99. The second-order valence-corrected chi connectivity index (χ2v) is 5.60. The van der Waals surface area contributed by atoms with E-state index >= 15 is 0 Å². The first-order chi connectivity index (χ1) is 10.3. The SMILES string of the molecule is CN1CCCCC1CNCc1nnnn1-c1ccccc1. The first-order valence-electron chi connectivity index (χ1n) is 7.58. The molecule has 1 aliphatic rings. The number of benzene rings is 1. The summed E-state index contributed by atoms with van der Waals surface area (Å²) in [4.78, 5) is 2.44. The molecule has 1 atom stereocenters. The molecule has 0 spiro atoms. The second-order valence-electron chi connectivity index (χ2n) is 5.60. The molecule has 1 saturated heterocycles. The Bertz CT molecular complexity index is 552. The maximum atomic E-state index is 4.12. The van der Waals surface area contributed by atoms with Gasteiger partial charge in [0, 0.05) is 12.6 Å². The third kappa shape index (κ3) is 3.46. The van der Waals surface area contributed by atoms with E-state index in [0.29, 0.717) is 12.6 Å². The van der Waals surface area contributed by atoms with E-state index in [-0.39, 0.29) is 0 Å². The lowest BCUT2D eigenvalue weighted by atomic mass is 10.0. The third-order valence-corrected chi connectivity index (χ3v) is 4.12. The second kappa shape index (κ2) is 6.78. The molecule has 0 aliphatic carbocycles. The Morgan fingerprint density at radius 3 is 2.90 bits per heavy atom. The van der Waals surface area contributed by atoms with Gasteiger partial charge in [0.2, 0.25) is 0 Å². The number of likely N-dealkylation sites (N-methyl/N-ethyl adjacent to an activating group) is 1. The maximum absolute atomic E-state index is 4.12. The molecule has 0 amide bonds. The molecule has 1 N–H and O–H groups in total. The molecule has 0 radical (unpaired) electrons. The highest BCUT2D eigenvalue weighted by Crippen LogP contribution is 2.14. The van der Waals surface area contributed by atoms with Gasteiger partial charge in [0.25, 0.3) is 0 Å². The van der Waals surface area contributed by atoms with E-state index in [2.05, 4.69) is 32.8 Å². The van der Waals surface area contributed by atoms with Gasteiger partial charge in [0.15, 0.2) is 5.82 Å². The van der Waals surface area contributed by atoms with Crippen molar-refractivity contribution in [2.45, 2.75) is 31.8 Å². The monoisotopic (exact) mass is 286 g/mol. The number of hydrogen-bond acceptors (Lipinski definition) is 5. The van der Waals surface area contributed by atoms with E-state index in [1.54, 1.807) is 4.68 Å². The molecular formula is C15H22N6. The van der Waals surface area contributed by atoms with Crippen LogP contribution in [-0.4, -0.2) is 51.3 Å². The molecule has 2 heterocycles. The van der Waals surface area contributed by atoms with Gasteiger partial charge >= 0.3 is 0 Å². The minimum absolute atomic E-state index is 0.625. The number of hydrogen-bond donors (Lipinski definition) is 1. The van der Waals surface area contributed by atoms with Crippen molar-refractivity contribution in [3.05, 3.63) is 36.2 Å². The highest BCUT2D eigenvalue weighted by Gasteiger charge is 2.18. The van der Waals surface area contributed by atoms with Gasteiger partial charge in [0.05, 0.1) is 12.2 Å².